The van der Waals surface area contributed by atoms with Crippen molar-refractivity contribution in [2.24, 2.45) is 5.92 Å². The number of rotatable bonds is 6. The van der Waals surface area contributed by atoms with Crippen LogP contribution in [0, 0.1) is 17.2 Å². The zero-order chi connectivity index (χ0) is 33.7. The number of hydrogen-bond acceptors (Lipinski definition) is 6. The second kappa shape index (κ2) is 12.4. The van der Waals surface area contributed by atoms with Crippen LogP contribution in [0.3, 0.4) is 0 Å². The standard InChI is InChI=1S/C33H35F2N4O6PS/c1-32(37-29(40)28-16-21-15-23(10-13-27(21)47-28)33(34,35)46(43,44)45)14-6-5-9-24-11-12-26(39(24)31(32)42)30(41)38-18-22(17-36)25(19-38)20-7-3-2-4-8-20/h2-4,7-8,10,13,15-16,22,24-26H,5-6,9,11-12,14,18-19H2,1H3,(H,37,40)(H2,43,44,45)/t22-,24+,25+,26+,32+/m1/s1. The number of benzene rings is 2. The topological polar surface area (TPSA) is 151 Å². The Hall–Kier alpha value is -3.69. The second-order valence-electron chi connectivity index (χ2n) is 12.9. The van der Waals surface area contributed by atoms with E-state index in [9.17, 15) is 33.0 Å². The van der Waals surface area contributed by atoms with Gasteiger partial charge in [0.05, 0.1) is 16.9 Å². The Morgan fingerprint density at radius 3 is 2.53 bits per heavy atom. The van der Waals surface area contributed by atoms with E-state index in [1.807, 2.05) is 30.3 Å². The number of amides is 3. The summed E-state index contributed by atoms with van der Waals surface area (Å²) >= 11 is 1.01. The molecule has 1 aromatic heterocycles. The molecule has 14 heteroatoms. The Morgan fingerprint density at radius 2 is 1.83 bits per heavy atom. The minimum Gasteiger partial charge on any atom is -0.339 e. The molecule has 0 bridgehead atoms. The summed E-state index contributed by atoms with van der Waals surface area (Å²) in [5, 5.41) is 13.0. The first-order valence-electron chi connectivity index (χ1n) is 15.6. The molecule has 47 heavy (non-hydrogen) atoms. The predicted molar refractivity (Wildman–Crippen MR) is 171 cm³/mol. The van der Waals surface area contributed by atoms with Crippen molar-refractivity contribution in [1.29, 1.82) is 5.26 Å². The first-order valence-corrected chi connectivity index (χ1v) is 18.0. The van der Waals surface area contributed by atoms with E-state index >= 15 is 0 Å². The Bertz CT molecular complexity index is 1810. The van der Waals surface area contributed by atoms with Gasteiger partial charge in [0.2, 0.25) is 11.8 Å². The zero-order valence-electron chi connectivity index (χ0n) is 25.6. The number of likely N-dealkylation sites (tertiary alicyclic amines) is 1. The number of halogens is 2. The molecule has 6 rings (SSSR count). The van der Waals surface area contributed by atoms with Gasteiger partial charge in [-0.2, -0.15) is 14.0 Å². The lowest BCUT2D eigenvalue weighted by atomic mass is 9.88. The minimum absolute atomic E-state index is 0.129. The van der Waals surface area contributed by atoms with Crippen molar-refractivity contribution in [3.05, 3.63) is 70.6 Å². The van der Waals surface area contributed by atoms with Crippen molar-refractivity contribution in [2.45, 2.75) is 74.7 Å². The molecule has 0 unspecified atom stereocenters. The van der Waals surface area contributed by atoms with Gasteiger partial charge in [-0.25, -0.2) is 0 Å². The maximum absolute atomic E-state index is 14.4. The van der Waals surface area contributed by atoms with Crippen LogP contribution in [0.5, 0.6) is 0 Å². The summed E-state index contributed by atoms with van der Waals surface area (Å²) in [4.78, 5) is 63.7. The first-order chi connectivity index (χ1) is 22.2. The van der Waals surface area contributed by atoms with E-state index in [-0.39, 0.29) is 46.5 Å². The number of nitrogens with zero attached hydrogens (tertiary/aromatic N) is 3. The molecule has 3 aromatic rings. The number of alkyl halides is 2. The monoisotopic (exact) mass is 684 g/mol. The Kier molecular flexibility index (Phi) is 8.76. The SMILES string of the molecule is C[C@]1(NC(=O)c2cc3cc(C(F)(F)P(=O)(O)O)ccc3s2)CCCC[C@H]2CC[C@@H](C(=O)N3C[C@@H](C#N)[C@H](c4ccccc4)C3)N2C1=O. The maximum atomic E-state index is 14.4. The van der Waals surface area contributed by atoms with Crippen molar-refractivity contribution in [3.63, 3.8) is 0 Å². The van der Waals surface area contributed by atoms with Crippen molar-refractivity contribution in [2.75, 3.05) is 13.1 Å². The highest BCUT2D eigenvalue weighted by Crippen LogP contribution is 2.59. The number of carbonyl (C=O) groups is 3. The number of thiophene rings is 1. The van der Waals surface area contributed by atoms with Crippen LogP contribution in [-0.4, -0.2) is 68.0 Å². The van der Waals surface area contributed by atoms with Gasteiger partial charge in [0.25, 0.3) is 5.91 Å². The van der Waals surface area contributed by atoms with Crippen molar-refractivity contribution < 1.29 is 37.5 Å². The van der Waals surface area contributed by atoms with Crippen LogP contribution in [0.4, 0.5) is 8.78 Å². The van der Waals surface area contributed by atoms with Gasteiger partial charge in [-0.15, -0.1) is 11.3 Å². The summed E-state index contributed by atoms with van der Waals surface area (Å²) in [5.74, 6) is -1.64. The molecule has 0 aliphatic carbocycles. The molecule has 0 saturated carbocycles. The molecular formula is C33H35F2N4O6PS. The lowest BCUT2D eigenvalue weighted by Gasteiger charge is -2.41. The van der Waals surface area contributed by atoms with E-state index < -0.39 is 36.3 Å². The van der Waals surface area contributed by atoms with Crippen LogP contribution >= 0.6 is 18.9 Å². The molecule has 0 spiro atoms. The molecule has 3 amide bonds. The van der Waals surface area contributed by atoms with E-state index in [2.05, 4.69) is 11.4 Å². The van der Waals surface area contributed by atoms with Gasteiger partial charge in [-0.1, -0.05) is 49.2 Å². The number of carbonyl (C=O) groups excluding carboxylic acids is 3. The first kappa shape index (κ1) is 33.2. The average Bonchev–Trinajstić information content (AvgIpc) is 3.78. The molecule has 2 aromatic carbocycles. The largest absolute Gasteiger partial charge is 0.399 e. The Labute approximate surface area is 274 Å². The molecule has 4 heterocycles. The van der Waals surface area contributed by atoms with Gasteiger partial charge < -0.3 is 24.9 Å². The molecule has 10 nitrogen and oxygen atoms in total. The van der Waals surface area contributed by atoms with E-state index in [1.165, 1.54) is 12.1 Å². The molecule has 3 N–H and O–H groups in total. The smallest absolute Gasteiger partial charge is 0.339 e. The molecule has 0 radical (unpaired) electrons. The molecule has 3 aliphatic rings. The molecule has 248 valence electrons. The van der Waals surface area contributed by atoms with Crippen LogP contribution < -0.4 is 5.32 Å². The van der Waals surface area contributed by atoms with Crippen molar-refractivity contribution >= 4 is 46.7 Å². The van der Waals surface area contributed by atoms with Crippen LogP contribution in [0.1, 0.15) is 72.2 Å². The lowest BCUT2D eigenvalue weighted by molar-refractivity contribution is -0.149. The zero-order valence-corrected chi connectivity index (χ0v) is 27.4. The third kappa shape index (κ3) is 6.08. The molecule has 3 saturated heterocycles. The van der Waals surface area contributed by atoms with E-state index in [1.54, 1.807) is 16.7 Å². The van der Waals surface area contributed by atoms with Gasteiger partial charge in [0.15, 0.2) is 0 Å². The fourth-order valence-corrected chi connectivity index (χ4v) is 8.68. The van der Waals surface area contributed by atoms with Crippen LogP contribution in [0.2, 0.25) is 0 Å². The highest BCUT2D eigenvalue weighted by molar-refractivity contribution is 7.52. The summed E-state index contributed by atoms with van der Waals surface area (Å²) in [7, 11) is -5.77. The van der Waals surface area contributed by atoms with Crippen LogP contribution in [0.15, 0.2) is 54.6 Å². The van der Waals surface area contributed by atoms with Gasteiger partial charge >= 0.3 is 13.3 Å². The van der Waals surface area contributed by atoms with Gasteiger partial charge in [0, 0.05) is 35.3 Å². The maximum Gasteiger partial charge on any atom is 0.399 e. The van der Waals surface area contributed by atoms with E-state index in [4.69, 9.17) is 9.79 Å². The molecular weight excluding hydrogens is 649 g/mol. The third-order valence-electron chi connectivity index (χ3n) is 9.83. The predicted octanol–water partition coefficient (Wildman–Crippen LogP) is 5.32. The van der Waals surface area contributed by atoms with E-state index in [0.29, 0.717) is 36.9 Å². The number of nitrogens with one attached hydrogen (secondary N) is 1. The average molecular weight is 685 g/mol. The third-order valence-corrected chi connectivity index (χ3v) is 11.9. The molecule has 5 atom stereocenters. The molecule has 3 fully saturated rings. The van der Waals surface area contributed by atoms with Crippen molar-refractivity contribution in [1.82, 2.24) is 15.1 Å². The summed E-state index contributed by atoms with van der Waals surface area (Å²) in [6, 6.07) is 15.6. The minimum atomic E-state index is -5.77. The summed E-state index contributed by atoms with van der Waals surface area (Å²) in [5.41, 5.74) is -5.61. The van der Waals surface area contributed by atoms with Crippen LogP contribution in [0.25, 0.3) is 10.1 Å². The lowest BCUT2D eigenvalue weighted by Crippen LogP contribution is -2.62. The normalized spacial score (nSPS) is 26.9. The highest BCUT2D eigenvalue weighted by Gasteiger charge is 2.52. The van der Waals surface area contributed by atoms with Gasteiger partial charge in [0.1, 0.15) is 11.6 Å². The quantitative estimate of drug-likeness (QED) is 0.298. The van der Waals surface area contributed by atoms with E-state index in [0.717, 1.165) is 41.9 Å². The Balaban J connectivity index is 1.22. The fraction of sp³-hybridized carbons (Fsp3) is 0.455. The number of hydrogen-bond donors (Lipinski definition) is 3. The fourth-order valence-electron chi connectivity index (χ4n) is 7.27. The van der Waals surface area contributed by atoms with Crippen molar-refractivity contribution in [3.8, 4) is 6.07 Å². The summed E-state index contributed by atoms with van der Waals surface area (Å²) < 4.78 is 40.5. The van der Waals surface area contributed by atoms with Crippen LogP contribution in [-0.2, 0) is 19.8 Å². The summed E-state index contributed by atoms with van der Waals surface area (Å²) in [6.45, 7) is 2.31. The summed E-state index contributed by atoms with van der Waals surface area (Å²) in [6.07, 6.45) is 3.69. The van der Waals surface area contributed by atoms with Gasteiger partial charge in [-0.3, -0.25) is 18.9 Å². The highest BCUT2D eigenvalue weighted by atomic mass is 32.1. The molecule has 3 aliphatic heterocycles. The Morgan fingerprint density at radius 1 is 1.09 bits per heavy atom. The van der Waals surface area contributed by atoms with Gasteiger partial charge in [-0.05, 0) is 61.8 Å². The number of nitriles is 1. The second-order valence-corrected chi connectivity index (χ2v) is 15.7. The number of fused-ring (bicyclic) bond motifs is 2.